The molecule has 1 saturated carbocycles. The van der Waals surface area contributed by atoms with E-state index in [1.54, 1.807) is 0 Å². The molecule has 1 fully saturated rings. The van der Waals surface area contributed by atoms with Crippen LogP contribution in [0.1, 0.15) is 30.0 Å². The Kier molecular flexibility index (Phi) is 1.21. The van der Waals surface area contributed by atoms with Gasteiger partial charge >= 0.3 is 0 Å². The predicted molar refractivity (Wildman–Crippen MR) is 49.8 cm³/mol. The van der Waals surface area contributed by atoms with Gasteiger partial charge in [0, 0.05) is 17.8 Å². The van der Waals surface area contributed by atoms with E-state index in [1.165, 1.54) is 24.0 Å². The maximum absolute atomic E-state index is 9.09. The van der Waals surface area contributed by atoms with Crippen LogP contribution in [0.2, 0.25) is 0 Å². The maximum atomic E-state index is 9.09. The average molecular weight is 170 g/mol. The zero-order valence-electron chi connectivity index (χ0n) is 7.25. The second kappa shape index (κ2) is 2.26. The van der Waals surface area contributed by atoms with Gasteiger partial charge in [0.2, 0.25) is 0 Å². The summed E-state index contributed by atoms with van der Waals surface area (Å²) in [5.41, 5.74) is 3.80. The second-order valence-electron chi connectivity index (χ2n) is 3.82. The Bertz CT molecular complexity index is 420. The van der Waals surface area contributed by atoms with Gasteiger partial charge in [-0.15, -0.1) is 0 Å². The van der Waals surface area contributed by atoms with Crippen LogP contribution in [0.4, 0.5) is 0 Å². The van der Waals surface area contributed by atoms with E-state index in [-0.39, 0.29) is 5.92 Å². The van der Waals surface area contributed by atoms with Crippen molar-refractivity contribution in [1.29, 1.82) is 5.26 Å². The van der Waals surface area contributed by atoms with Crippen LogP contribution in [0.3, 0.4) is 0 Å². The third-order valence-electron chi connectivity index (χ3n) is 3.24. The minimum Gasteiger partial charge on any atom is -0.361 e. The Labute approximate surface area is 76.9 Å². The highest BCUT2D eigenvalue weighted by atomic mass is 14.7. The lowest BCUT2D eigenvalue weighted by atomic mass is 9.66. The summed E-state index contributed by atoms with van der Waals surface area (Å²) in [7, 11) is 0. The van der Waals surface area contributed by atoms with Gasteiger partial charge in [0.1, 0.15) is 0 Å². The molecule has 1 aromatic heterocycles. The smallest absolute Gasteiger partial charge is 0.0798 e. The van der Waals surface area contributed by atoms with Gasteiger partial charge in [-0.05, 0) is 30.5 Å². The largest absolute Gasteiger partial charge is 0.361 e. The topological polar surface area (TPSA) is 39.6 Å². The molecule has 0 amide bonds. The summed E-state index contributed by atoms with van der Waals surface area (Å²) in [5, 5.41) is 9.09. The van der Waals surface area contributed by atoms with E-state index in [0.717, 1.165) is 5.69 Å². The highest BCUT2D eigenvalue weighted by molar-refractivity contribution is 5.62. The molecule has 1 N–H and O–H groups in total. The summed E-state index contributed by atoms with van der Waals surface area (Å²) in [4.78, 5) is 3.18. The fourth-order valence-corrected chi connectivity index (χ4v) is 2.39. The van der Waals surface area contributed by atoms with Crippen LogP contribution >= 0.6 is 0 Å². The molecule has 2 unspecified atom stereocenters. The van der Waals surface area contributed by atoms with E-state index < -0.39 is 0 Å². The first-order chi connectivity index (χ1) is 6.40. The van der Waals surface area contributed by atoms with Crippen molar-refractivity contribution in [2.45, 2.75) is 18.8 Å². The fourth-order valence-electron chi connectivity index (χ4n) is 2.39. The van der Waals surface area contributed by atoms with E-state index in [2.05, 4.69) is 17.1 Å². The van der Waals surface area contributed by atoms with Crippen LogP contribution < -0.4 is 0 Å². The number of nitrogens with one attached hydrogen (secondary N) is 1. The van der Waals surface area contributed by atoms with Crippen LogP contribution in [0.25, 0.3) is 6.08 Å². The van der Waals surface area contributed by atoms with E-state index in [0.29, 0.717) is 5.92 Å². The van der Waals surface area contributed by atoms with E-state index in [1.807, 2.05) is 12.3 Å². The number of hydrogen-bond acceptors (Lipinski definition) is 1. The monoisotopic (exact) mass is 170 g/mol. The van der Waals surface area contributed by atoms with E-state index in [9.17, 15) is 0 Å². The first kappa shape index (κ1) is 6.97. The predicted octanol–water partition coefficient (Wildman–Crippen LogP) is 2.43. The van der Waals surface area contributed by atoms with E-state index >= 15 is 0 Å². The van der Waals surface area contributed by atoms with Crippen LogP contribution in [0.15, 0.2) is 17.8 Å². The number of nitriles is 1. The SMILES string of the molecule is N#CC1c2cc[nH]c2C=C2CCC21. The van der Waals surface area contributed by atoms with Crippen LogP contribution in [-0.4, -0.2) is 4.98 Å². The van der Waals surface area contributed by atoms with Gasteiger partial charge in [-0.2, -0.15) is 5.26 Å². The number of aromatic nitrogens is 1. The summed E-state index contributed by atoms with van der Waals surface area (Å²) in [6.07, 6.45) is 6.52. The van der Waals surface area contributed by atoms with Crippen molar-refractivity contribution in [1.82, 2.24) is 4.98 Å². The van der Waals surface area contributed by atoms with Crippen molar-refractivity contribution in [3.63, 3.8) is 0 Å². The lowest BCUT2D eigenvalue weighted by molar-refractivity contribution is 0.409. The van der Waals surface area contributed by atoms with Gasteiger partial charge in [-0.3, -0.25) is 0 Å². The molecule has 2 aliphatic rings. The van der Waals surface area contributed by atoms with Crippen LogP contribution in [0.5, 0.6) is 0 Å². The van der Waals surface area contributed by atoms with Crippen molar-refractivity contribution in [2.75, 3.05) is 0 Å². The summed E-state index contributed by atoms with van der Waals surface area (Å²) >= 11 is 0. The maximum Gasteiger partial charge on any atom is 0.0798 e. The normalized spacial score (nSPS) is 29.3. The summed E-state index contributed by atoms with van der Waals surface area (Å²) in [6, 6.07) is 4.45. The lowest BCUT2D eigenvalue weighted by Crippen LogP contribution is -2.25. The summed E-state index contributed by atoms with van der Waals surface area (Å²) < 4.78 is 0. The number of allylic oxidation sites excluding steroid dienone is 1. The van der Waals surface area contributed by atoms with Gasteiger partial charge in [0.15, 0.2) is 0 Å². The number of rotatable bonds is 0. The van der Waals surface area contributed by atoms with Gasteiger partial charge in [-0.1, -0.05) is 5.57 Å². The number of fused-ring (bicyclic) bond motifs is 2. The molecule has 0 radical (unpaired) electrons. The van der Waals surface area contributed by atoms with Gasteiger partial charge in [0.05, 0.1) is 12.0 Å². The summed E-state index contributed by atoms with van der Waals surface area (Å²) in [5.74, 6) is 0.628. The Morgan fingerprint density at radius 3 is 3.15 bits per heavy atom. The van der Waals surface area contributed by atoms with Crippen molar-refractivity contribution in [2.24, 2.45) is 5.92 Å². The molecule has 3 rings (SSSR count). The number of aromatic amines is 1. The molecule has 13 heavy (non-hydrogen) atoms. The van der Waals surface area contributed by atoms with Crippen LogP contribution in [-0.2, 0) is 0 Å². The van der Waals surface area contributed by atoms with Crippen LogP contribution in [0, 0.1) is 17.2 Å². The molecule has 1 aromatic rings. The molecule has 0 aromatic carbocycles. The highest BCUT2D eigenvalue weighted by Crippen LogP contribution is 2.48. The number of nitrogens with zero attached hydrogens (tertiary/aromatic N) is 1. The zero-order valence-corrected chi connectivity index (χ0v) is 7.25. The lowest BCUT2D eigenvalue weighted by Gasteiger charge is -2.36. The Balaban J connectivity index is 2.18. The first-order valence-electron chi connectivity index (χ1n) is 4.67. The number of H-pyrrole nitrogens is 1. The van der Waals surface area contributed by atoms with Crippen molar-refractivity contribution in [3.05, 3.63) is 29.1 Å². The standard InChI is InChI=1S/C11H10N2/c12-6-10-8-2-1-7(8)5-11-9(10)3-4-13-11/h3-5,8,10,13H,1-2H2. The van der Waals surface area contributed by atoms with Gasteiger partial charge in [-0.25, -0.2) is 0 Å². The molecule has 0 saturated heterocycles. The van der Waals surface area contributed by atoms with E-state index in [4.69, 9.17) is 5.26 Å². The average Bonchev–Trinajstić information content (AvgIpc) is 2.55. The number of hydrogen-bond donors (Lipinski definition) is 1. The molecule has 2 heteroatoms. The van der Waals surface area contributed by atoms with Crippen molar-refractivity contribution >= 4 is 6.08 Å². The quantitative estimate of drug-likeness (QED) is 0.638. The molecule has 2 atom stereocenters. The molecular weight excluding hydrogens is 160 g/mol. The molecular formula is C11H10N2. The Hall–Kier alpha value is -1.49. The minimum absolute atomic E-state index is 0.106. The molecule has 0 aliphatic heterocycles. The van der Waals surface area contributed by atoms with Gasteiger partial charge < -0.3 is 4.98 Å². The Morgan fingerprint density at radius 1 is 1.54 bits per heavy atom. The fraction of sp³-hybridized carbons (Fsp3) is 0.364. The second-order valence-corrected chi connectivity index (χ2v) is 3.82. The molecule has 64 valence electrons. The Morgan fingerprint density at radius 2 is 2.46 bits per heavy atom. The first-order valence-corrected chi connectivity index (χ1v) is 4.67. The van der Waals surface area contributed by atoms with Gasteiger partial charge in [0.25, 0.3) is 0 Å². The molecule has 2 nitrogen and oxygen atoms in total. The third-order valence-corrected chi connectivity index (χ3v) is 3.24. The highest BCUT2D eigenvalue weighted by Gasteiger charge is 2.37. The molecule has 1 heterocycles. The molecule has 0 spiro atoms. The van der Waals surface area contributed by atoms with Crippen molar-refractivity contribution < 1.29 is 0 Å². The zero-order chi connectivity index (χ0) is 8.84. The third kappa shape index (κ3) is 0.767. The van der Waals surface area contributed by atoms with Crippen molar-refractivity contribution in [3.8, 4) is 6.07 Å². The molecule has 0 bridgehead atoms. The summed E-state index contributed by atoms with van der Waals surface area (Å²) in [6.45, 7) is 0. The molecule has 2 aliphatic carbocycles. The minimum atomic E-state index is 0.106.